The number of hydrogen-bond donors (Lipinski definition) is 3. The highest BCUT2D eigenvalue weighted by atomic mass is 16.5. The lowest BCUT2D eigenvalue weighted by Crippen LogP contribution is -2.55. The highest BCUT2D eigenvalue weighted by Gasteiger charge is 2.33. The van der Waals surface area contributed by atoms with Crippen molar-refractivity contribution in [2.75, 3.05) is 39.4 Å². The van der Waals surface area contributed by atoms with E-state index in [0.29, 0.717) is 19.4 Å². The Kier molecular flexibility index (Phi) is 7.45. The average Bonchev–Trinajstić information content (AvgIpc) is 2.45. The zero-order chi connectivity index (χ0) is 15.7. The van der Waals surface area contributed by atoms with E-state index in [1.807, 2.05) is 6.92 Å². The van der Waals surface area contributed by atoms with Gasteiger partial charge in [-0.15, -0.1) is 0 Å². The van der Waals surface area contributed by atoms with Crippen molar-refractivity contribution in [1.29, 1.82) is 0 Å². The van der Waals surface area contributed by atoms with Gasteiger partial charge in [0.05, 0.1) is 13.2 Å². The summed E-state index contributed by atoms with van der Waals surface area (Å²) in [5, 5.41) is 14.5. The summed E-state index contributed by atoms with van der Waals surface area (Å²) in [4.78, 5) is 25.3. The predicted molar refractivity (Wildman–Crippen MR) is 79.4 cm³/mol. The fourth-order valence-corrected chi connectivity index (χ4v) is 2.35. The van der Waals surface area contributed by atoms with Crippen LogP contribution in [0.5, 0.6) is 0 Å². The van der Waals surface area contributed by atoms with Crippen LogP contribution < -0.4 is 10.6 Å². The Morgan fingerprint density at radius 1 is 1.33 bits per heavy atom. The fourth-order valence-electron chi connectivity index (χ4n) is 2.35. The van der Waals surface area contributed by atoms with E-state index in [1.54, 1.807) is 0 Å². The third kappa shape index (κ3) is 6.31. The first-order valence-corrected chi connectivity index (χ1v) is 7.57. The van der Waals surface area contributed by atoms with Crippen LogP contribution in [0.3, 0.4) is 0 Å². The summed E-state index contributed by atoms with van der Waals surface area (Å²) >= 11 is 0. The molecule has 122 valence electrons. The van der Waals surface area contributed by atoms with Crippen molar-refractivity contribution in [3.8, 4) is 0 Å². The normalized spacial score (nSPS) is 18.8. The van der Waals surface area contributed by atoms with Crippen molar-refractivity contribution < 1.29 is 19.4 Å². The summed E-state index contributed by atoms with van der Waals surface area (Å²) in [6.07, 6.45) is 1.94. The maximum Gasteiger partial charge on any atom is 0.329 e. The molecular formula is C14H27N3O4. The second-order valence-corrected chi connectivity index (χ2v) is 5.58. The van der Waals surface area contributed by atoms with Crippen LogP contribution >= 0.6 is 0 Å². The molecule has 0 aromatic rings. The average molecular weight is 301 g/mol. The zero-order valence-electron chi connectivity index (χ0n) is 13.0. The predicted octanol–water partition coefficient (Wildman–Crippen LogP) is 0.651. The van der Waals surface area contributed by atoms with Crippen molar-refractivity contribution in [3.05, 3.63) is 0 Å². The van der Waals surface area contributed by atoms with E-state index in [9.17, 15) is 14.7 Å². The Hall–Kier alpha value is -1.34. The molecule has 1 rings (SSSR count). The van der Waals surface area contributed by atoms with Gasteiger partial charge in [-0.3, -0.25) is 4.90 Å². The summed E-state index contributed by atoms with van der Waals surface area (Å²) in [6.45, 7) is 8.26. The van der Waals surface area contributed by atoms with Crippen molar-refractivity contribution >= 4 is 12.0 Å². The number of carbonyl (C=O) groups excluding carboxylic acids is 1. The van der Waals surface area contributed by atoms with Gasteiger partial charge in [0.25, 0.3) is 0 Å². The molecule has 0 aliphatic carbocycles. The number of ether oxygens (including phenoxy) is 1. The molecule has 0 bridgehead atoms. The molecule has 1 heterocycles. The topological polar surface area (TPSA) is 90.9 Å². The summed E-state index contributed by atoms with van der Waals surface area (Å²) in [5.74, 6) is -1.01. The number of rotatable bonds is 8. The van der Waals surface area contributed by atoms with E-state index in [1.165, 1.54) is 6.92 Å². The second kappa shape index (κ2) is 8.84. The molecule has 7 nitrogen and oxygen atoms in total. The molecule has 1 aliphatic rings. The van der Waals surface area contributed by atoms with E-state index >= 15 is 0 Å². The summed E-state index contributed by atoms with van der Waals surface area (Å²) in [7, 11) is 0. The first-order chi connectivity index (χ1) is 9.98. The summed E-state index contributed by atoms with van der Waals surface area (Å²) < 4.78 is 5.27. The molecule has 1 saturated heterocycles. The molecule has 0 aromatic heterocycles. The number of carboxylic acids is 1. The van der Waals surface area contributed by atoms with E-state index in [4.69, 9.17) is 4.74 Å². The fraction of sp³-hybridized carbons (Fsp3) is 0.857. The van der Waals surface area contributed by atoms with Crippen molar-refractivity contribution in [3.63, 3.8) is 0 Å². The van der Waals surface area contributed by atoms with Crippen molar-refractivity contribution in [1.82, 2.24) is 15.5 Å². The molecule has 21 heavy (non-hydrogen) atoms. The lowest BCUT2D eigenvalue weighted by atomic mass is 9.97. The molecular weight excluding hydrogens is 274 g/mol. The van der Waals surface area contributed by atoms with E-state index in [2.05, 4.69) is 15.5 Å². The molecule has 0 radical (unpaired) electrons. The Bertz CT molecular complexity index is 345. The standard InChI is InChI=1S/C14H27N3O4/c1-3-5-14(2,12(18)19)16-13(20)15-6-4-7-17-8-10-21-11-9-17/h3-11H2,1-2H3,(H,18,19)(H2,15,16,20). The van der Waals surface area contributed by atoms with Gasteiger partial charge >= 0.3 is 12.0 Å². The van der Waals surface area contributed by atoms with Gasteiger partial charge < -0.3 is 20.5 Å². The second-order valence-electron chi connectivity index (χ2n) is 5.58. The third-order valence-corrected chi connectivity index (χ3v) is 3.65. The van der Waals surface area contributed by atoms with Gasteiger partial charge in [-0.05, 0) is 26.3 Å². The van der Waals surface area contributed by atoms with Crippen LogP contribution in [0.15, 0.2) is 0 Å². The highest BCUT2D eigenvalue weighted by Crippen LogP contribution is 2.12. The van der Waals surface area contributed by atoms with E-state index in [0.717, 1.165) is 39.3 Å². The zero-order valence-corrected chi connectivity index (χ0v) is 13.0. The number of nitrogens with one attached hydrogen (secondary N) is 2. The number of morpholine rings is 1. The number of amides is 2. The molecule has 2 amide bonds. The number of carboxylic acid groups (broad SMARTS) is 1. The van der Waals surface area contributed by atoms with Gasteiger partial charge in [-0.2, -0.15) is 0 Å². The largest absolute Gasteiger partial charge is 0.480 e. The molecule has 1 aliphatic heterocycles. The number of carbonyl (C=O) groups is 2. The lowest BCUT2D eigenvalue weighted by Gasteiger charge is -2.27. The van der Waals surface area contributed by atoms with Gasteiger partial charge in [0.1, 0.15) is 5.54 Å². The maximum atomic E-state index is 11.8. The number of urea groups is 1. The molecule has 1 atom stereocenters. The molecule has 3 N–H and O–H groups in total. The molecule has 0 spiro atoms. The summed E-state index contributed by atoms with van der Waals surface area (Å²) in [5.41, 5.74) is -1.21. The van der Waals surface area contributed by atoms with E-state index in [-0.39, 0.29) is 0 Å². The van der Waals surface area contributed by atoms with Crippen molar-refractivity contribution in [2.45, 2.75) is 38.6 Å². The minimum Gasteiger partial charge on any atom is -0.480 e. The Morgan fingerprint density at radius 3 is 2.57 bits per heavy atom. The number of hydrogen-bond acceptors (Lipinski definition) is 4. The highest BCUT2D eigenvalue weighted by molar-refractivity contribution is 5.85. The number of nitrogens with zero attached hydrogens (tertiary/aromatic N) is 1. The molecule has 1 unspecified atom stereocenters. The van der Waals surface area contributed by atoms with Gasteiger partial charge in [-0.25, -0.2) is 9.59 Å². The lowest BCUT2D eigenvalue weighted by molar-refractivity contribution is -0.144. The maximum absolute atomic E-state index is 11.8. The van der Waals surface area contributed by atoms with Crippen LogP contribution in [0, 0.1) is 0 Å². The van der Waals surface area contributed by atoms with Gasteiger partial charge in [0, 0.05) is 19.6 Å². The minimum absolute atomic E-state index is 0.406. The smallest absolute Gasteiger partial charge is 0.329 e. The van der Waals surface area contributed by atoms with Crippen molar-refractivity contribution in [2.24, 2.45) is 0 Å². The summed E-state index contributed by atoms with van der Waals surface area (Å²) in [6, 6.07) is -0.421. The Balaban J connectivity index is 2.21. The molecule has 0 saturated carbocycles. The van der Waals surface area contributed by atoms with Crippen LogP contribution in [0.4, 0.5) is 4.79 Å². The van der Waals surface area contributed by atoms with Gasteiger partial charge in [0.15, 0.2) is 0 Å². The minimum atomic E-state index is -1.21. The first-order valence-electron chi connectivity index (χ1n) is 7.57. The van der Waals surface area contributed by atoms with E-state index < -0.39 is 17.5 Å². The molecule has 7 heteroatoms. The number of aliphatic carboxylic acids is 1. The van der Waals surface area contributed by atoms with Gasteiger partial charge in [-0.1, -0.05) is 13.3 Å². The van der Waals surface area contributed by atoms with Gasteiger partial charge in [0.2, 0.25) is 0 Å². The Labute approximate surface area is 126 Å². The first kappa shape index (κ1) is 17.7. The quantitative estimate of drug-likeness (QED) is 0.573. The van der Waals surface area contributed by atoms with Crippen LogP contribution in [-0.4, -0.2) is 66.9 Å². The third-order valence-electron chi connectivity index (χ3n) is 3.65. The van der Waals surface area contributed by atoms with Crippen LogP contribution in [-0.2, 0) is 9.53 Å². The Morgan fingerprint density at radius 2 is 2.00 bits per heavy atom. The van der Waals surface area contributed by atoms with Crippen LogP contribution in [0.2, 0.25) is 0 Å². The SMILES string of the molecule is CCCC(C)(NC(=O)NCCCN1CCOCC1)C(=O)O. The van der Waals surface area contributed by atoms with Crippen LogP contribution in [0.1, 0.15) is 33.1 Å². The monoisotopic (exact) mass is 301 g/mol. The van der Waals surface area contributed by atoms with Crippen LogP contribution in [0.25, 0.3) is 0 Å². The molecule has 1 fully saturated rings. The molecule has 0 aromatic carbocycles.